The Hall–Kier alpha value is -0.930. The predicted molar refractivity (Wildman–Crippen MR) is 73.5 cm³/mol. The lowest BCUT2D eigenvalue weighted by Gasteiger charge is -2.35. The van der Waals surface area contributed by atoms with Crippen LogP contribution >= 0.6 is 11.6 Å². The van der Waals surface area contributed by atoms with Crippen molar-refractivity contribution in [1.29, 1.82) is 0 Å². The minimum absolute atomic E-state index is 0.345. The first kappa shape index (κ1) is 13.5. The molecular formula is C14H20ClNO2. The van der Waals surface area contributed by atoms with Crippen LogP contribution in [0.1, 0.15) is 37.7 Å². The Labute approximate surface area is 113 Å². The normalized spacial score (nSPS) is 18.4. The van der Waals surface area contributed by atoms with Gasteiger partial charge in [-0.2, -0.15) is 0 Å². The molecule has 0 amide bonds. The summed E-state index contributed by atoms with van der Waals surface area (Å²) >= 11 is 6.15. The van der Waals surface area contributed by atoms with Gasteiger partial charge in [0.25, 0.3) is 0 Å². The number of nitrogens with two attached hydrogens (primary N) is 1. The van der Waals surface area contributed by atoms with E-state index in [9.17, 15) is 0 Å². The maximum absolute atomic E-state index is 6.56. The van der Waals surface area contributed by atoms with Crippen LogP contribution in [-0.2, 0) is 5.54 Å². The number of halogens is 1. The molecule has 0 unspecified atom stereocenters. The topological polar surface area (TPSA) is 44.5 Å². The molecule has 1 aliphatic carbocycles. The summed E-state index contributed by atoms with van der Waals surface area (Å²) in [5, 5.41) is 0.637. The number of rotatable bonds is 3. The third kappa shape index (κ3) is 2.43. The molecule has 0 heterocycles. The van der Waals surface area contributed by atoms with E-state index in [-0.39, 0.29) is 5.54 Å². The number of hydrogen-bond donors (Lipinski definition) is 1. The van der Waals surface area contributed by atoms with E-state index in [4.69, 9.17) is 26.8 Å². The van der Waals surface area contributed by atoms with E-state index in [0.29, 0.717) is 16.5 Å². The molecule has 0 saturated heterocycles. The van der Waals surface area contributed by atoms with Gasteiger partial charge in [-0.25, -0.2) is 0 Å². The van der Waals surface area contributed by atoms with Crippen LogP contribution in [0.3, 0.4) is 0 Å². The summed E-state index contributed by atoms with van der Waals surface area (Å²) in [6, 6.07) is 3.67. The highest BCUT2D eigenvalue weighted by Crippen LogP contribution is 2.44. The Balaban J connectivity index is 2.50. The van der Waals surface area contributed by atoms with E-state index in [2.05, 4.69) is 0 Å². The molecule has 0 aliphatic heterocycles. The van der Waals surface area contributed by atoms with Crippen molar-refractivity contribution in [2.45, 2.75) is 37.6 Å². The Kier molecular flexibility index (Phi) is 4.03. The number of hydrogen-bond acceptors (Lipinski definition) is 3. The maximum atomic E-state index is 6.56. The van der Waals surface area contributed by atoms with Crippen molar-refractivity contribution >= 4 is 11.6 Å². The van der Waals surface area contributed by atoms with Crippen molar-refractivity contribution in [3.63, 3.8) is 0 Å². The predicted octanol–water partition coefficient (Wildman–Crippen LogP) is 3.48. The number of benzene rings is 1. The molecule has 0 bridgehead atoms. The van der Waals surface area contributed by atoms with Crippen LogP contribution in [0.4, 0.5) is 0 Å². The molecule has 3 nitrogen and oxygen atoms in total. The first-order chi connectivity index (χ1) is 8.60. The zero-order valence-electron chi connectivity index (χ0n) is 11.0. The molecule has 1 saturated carbocycles. The van der Waals surface area contributed by atoms with Crippen LogP contribution in [0, 0.1) is 0 Å². The fourth-order valence-electron chi connectivity index (χ4n) is 2.75. The first-order valence-corrected chi connectivity index (χ1v) is 6.69. The monoisotopic (exact) mass is 269 g/mol. The third-order valence-electron chi connectivity index (χ3n) is 3.73. The van der Waals surface area contributed by atoms with E-state index in [0.717, 1.165) is 31.2 Å². The highest BCUT2D eigenvalue weighted by atomic mass is 35.5. The van der Waals surface area contributed by atoms with Gasteiger partial charge in [0.1, 0.15) is 0 Å². The molecule has 4 heteroatoms. The van der Waals surface area contributed by atoms with Gasteiger partial charge in [0.2, 0.25) is 0 Å². The van der Waals surface area contributed by atoms with Crippen LogP contribution in [0.2, 0.25) is 5.02 Å². The molecule has 0 spiro atoms. The summed E-state index contributed by atoms with van der Waals surface area (Å²) in [4.78, 5) is 0. The third-order valence-corrected chi connectivity index (χ3v) is 3.94. The van der Waals surface area contributed by atoms with Gasteiger partial charge in [-0.1, -0.05) is 30.9 Å². The first-order valence-electron chi connectivity index (χ1n) is 6.31. The summed E-state index contributed by atoms with van der Waals surface area (Å²) in [5.74, 6) is 1.36. The Morgan fingerprint density at radius 2 is 1.78 bits per heavy atom. The fourth-order valence-corrected chi connectivity index (χ4v) is 2.96. The lowest BCUT2D eigenvalue weighted by atomic mass is 9.77. The van der Waals surface area contributed by atoms with Crippen molar-refractivity contribution in [2.75, 3.05) is 14.2 Å². The summed E-state index contributed by atoms with van der Waals surface area (Å²) in [6.45, 7) is 0. The maximum Gasteiger partial charge on any atom is 0.165 e. The summed E-state index contributed by atoms with van der Waals surface area (Å²) in [7, 11) is 3.25. The van der Waals surface area contributed by atoms with E-state index >= 15 is 0 Å². The summed E-state index contributed by atoms with van der Waals surface area (Å²) < 4.78 is 10.8. The fraction of sp³-hybridized carbons (Fsp3) is 0.571. The highest BCUT2D eigenvalue weighted by molar-refractivity contribution is 6.30. The Bertz CT molecular complexity index is 428. The molecule has 2 rings (SSSR count). The van der Waals surface area contributed by atoms with Gasteiger partial charge in [-0.05, 0) is 18.9 Å². The SMILES string of the molecule is COc1cc(Cl)cc(C2(N)CCCCC2)c1OC. The average molecular weight is 270 g/mol. The van der Waals surface area contributed by atoms with Crippen LogP contribution in [-0.4, -0.2) is 14.2 Å². The zero-order chi connectivity index (χ0) is 13.2. The van der Waals surface area contributed by atoms with Crippen LogP contribution in [0.15, 0.2) is 12.1 Å². The van der Waals surface area contributed by atoms with Crippen LogP contribution in [0.5, 0.6) is 11.5 Å². The quantitative estimate of drug-likeness (QED) is 0.914. The average Bonchev–Trinajstić information content (AvgIpc) is 2.38. The number of methoxy groups -OCH3 is 2. The van der Waals surface area contributed by atoms with Gasteiger partial charge in [0, 0.05) is 22.2 Å². The van der Waals surface area contributed by atoms with E-state index in [1.54, 1.807) is 20.3 Å². The molecule has 1 aromatic rings. The second kappa shape index (κ2) is 5.37. The summed E-state index contributed by atoms with van der Waals surface area (Å²) in [6.07, 6.45) is 5.47. The van der Waals surface area contributed by atoms with E-state index in [1.165, 1.54) is 6.42 Å². The van der Waals surface area contributed by atoms with Gasteiger partial charge in [0.05, 0.1) is 14.2 Å². The van der Waals surface area contributed by atoms with Gasteiger partial charge in [-0.3, -0.25) is 0 Å². The van der Waals surface area contributed by atoms with Crippen molar-refractivity contribution in [2.24, 2.45) is 5.73 Å². The van der Waals surface area contributed by atoms with Gasteiger partial charge < -0.3 is 15.2 Å². The lowest BCUT2D eigenvalue weighted by molar-refractivity contribution is 0.282. The van der Waals surface area contributed by atoms with E-state index in [1.807, 2.05) is 6.07 Å². The molecule has 0 radical (unpaired) electrons. The molecule has 1 fully saturated rings. The lowest BCUT2D eigenvalue weighted by Crippen LogP contribution is -2.39. The molecular weight excluding hydrogens is 250 g/mol. The minimum Gasteiger partial charge on any atom is -0.493 e. The Morgan fingerprint density at radius 1 is 1.11 bits per heavy atom. The molecule has 1 aromatic carbocycles. The highest BCUT2D eigenvalue weighted by Gasteiger charge is 2.33. The molecule has 1 aliphatic rings. The van der Waals surface area contributed by atoms with Crippen LogP contribution < -0.4 is 15.2 Å². The van der Waals surface area contributed by atoms with E-state index < -0.39 is 0 Å². The standard InChI is InChI=1S/C14H20ClNO2/c1-17-12-9-10(15)8-11(13(12)18-2)14(16)6-4-3-5-7-14/h8-9H,3-7,16H2,1-2H3. The van der Waals surface area contributed by atoms with Gasteiger partial charge in [0.15, 0.2) is 11.5 Å². The Morgan fingerprint density at radius 3 is 2.33 bits per heavy atom. The molecule has 0 aromatic heterocycles. The molecule has 100 valence electrons. The second-order valence-corrected chi connectivity index (χ2v) is 5.34. The summed E-state index contributed by atoms with van der Waals surface area (Å²) in [5.41, 5.74) is 7.18. The molecule has 0 atom stereocenters. The molecule has 18 heavy (non-hydrogen) atoms. The van der Waals surface area contributed by atoms with Crippen molar-refractivity contribution in [3.05, 3.63) is 22.7 Å². The largest absolute Gasteiger partial charge is 0.493 e. The van der Waals surface area contributed by atoms with Crippen molar-refractivity contribution in [3.8, 4) is 11.5 Å². The van der Waals surface area contributed by atoms with Crippen molar-refractivity contribution in [1.82, 2.24) is 0 Å². The minimum atomic E-state index is -0.345. The molecule has 2 N–H and O–H groups in total. The van der Waals surface area contributed by atoms with Gasteiger partial charge >= 0.3 is 0 Å². The zero-order valence-corrected chi connectivity index (χ0v) is 11.7. The van der Waals surface area contributed by atoms with Crippen molar-refractivity contribution < 1.29 is 9.47 Å². The second-order valence-electron chi connectivity index (χ2n) is 4.91. The smallest absolute Gasteiger partial charge is 0.165 e. The van der Waals surface area contributed by atoms with Gasteiger partial charge in [-0.15, -0.1) is 0 Å². The number of ether oxygens (including phenoxy) is 2. The van der Waals surface area contributed by atoms with Crippen LogP contribution in [0.25, 0.3) is 0 Å².